The molecule has 0 aliphatic rings. The van der Waals surface area contributed by atoms with E-state index in [-0.39, 0.29) is 25.7 Å². The van der Waals surface area contributed by atoms with Crippen LogP contribution in [-0.2, 0) is 19.2 Å². The maximum atomic E-state index is 15.1. The molecular weight excluding hydrogens is 1100 g/mol. The van der Waals surface area contributed by atoms with Crippen LogP contribution in [0.15, 0.2) is 0 Å². The summed E-state index contributed by atoms with van der Waals surface area (Å²) in [6.45, 7) is 5.84. The van der Waals surface area contributed by atoms with Gasteiger partial charge in [0.05, 0.1) is 13.2 Å². The summed E-state index contributed by atoms with van der Waals surface area (Å²) in [5.74, 6) is -4.96. The molecule has 0 amide bonds. The third-order valence-electron chi connectivity index (χ3n) is 19.9. The molecule has 10 nitrogen and oxygen atoms in total. The Labute approximate surface area is 544 Å². The van der Waals surface area contributed by atoms with Gasteiger partial charge < -0.3 is 30.6 Å². The number of unbranched alkanes of at least 4 members (excludes halogenated alkanes) is 56. The topological polar surface area (TPSA) is 190 Å². The van der Waals surface area contributed by atoms with Crippen LogP contribution in [0.1, 0.15) is 439 Å². The van der Waals surface area contributed by atoms with Gasteiger partial charge in [0.2, 0.25) is 11.2 Å². The molecule has 0 aliphatic carbocycles. The van der Waals surface area contributed by atoms with Crippen LogP contribution >= 0.6 is 0 Å². The van der Waals surface area contributed by atoms with Crippen LogP contribution in [0.5, 0.6) is 0 Å². The first-order chi connectivity index (χ1) is 42.8. The van der Waals surface area contributed by atoms with E-state index in [1.54, 1.807) is 0 Å². The predicted octanol–water partition coefficient (Wildman–Crippen LogP) is 21.2. The summed E-state index contributed by atoms with van der Waals surface area (Å²) >= 11 is 0. The Morgan fingerprint density at radius 3 is 0.432 bits per heavy atom. The van der Waals surface area contributed by atoms with Crippen molar-refractivity contribution in [3.8, 4) is 0 Å². The van der Waals surface area contributed by atoms with Crippen LogP contribution in [0.4, 0.5) is 0 Å². The van der Waals surface area contributed by atoms with Gasteiger partial charge in [-0.25, -0.2) is 0 Å². The Bertz CT molecular complexity index is 1470. The molecular formula is C78H150O10. The number of aliphatic hydroxyl groups is 6. The van der Waals surface area contributed by atoms with Crippen molar-refractivity contribution in [1.82, 2.24) is 0 Å². The van der Waals surface area contributed by atoms with Crippen molar-refractivity contribution in [2.24, 2.45) is 0 Å². The minimum Gasteiger partial charge on any atom is -0.393 e. The highest BCUT2D eigenvalue weighted by Gasteiger charge is 2.78. The van der Waals surface area contributed by atoms with Gasteiger partial charge in [0.15, 0.2) is 34.3 Å². The fourth-order valence-corrected chi connectivity index (χ4v) is 13.7. The normalized spacial score (nSPS) is 14.6. The molecule has 88 heavy (non-hydrogen) atoms. The monoisotopic (exact) mass is 1250 g/mol. The Morgan fingerprint density at radius 1 is 0.193 bits per heavy atom. The van der Waals surface area contributed by atoms with Gasteiger partial charge >= 0.3 is 0 Å². The van der Waals surface area contributed by atoms with Crippen molar-refractivity contribution in [2.45, 2.75) is 461 Å². The highest BCUT2D eigenvalue weighted by Crippen LogP contribution is 2.46. The SMILES string of the molecule is CCCCCCCCCCCCCCCCCC(=O)[C@](O)([C@@](O)(C(=O)CCCCCCCCCCCCCCCCC)[C@](O)(CO)C(=O)CCCCCCCCCCCCCCCCC)[C@](O)(CO)C(=O)CCCCCCCCCCCCCCCCC. The van der Waals surface area contributed by atoms with Crippen LogP contribution < -0.4 is 0 Å². The van der Waals surface area contributed by atoms with Gasteiger partial charge in [0.1, 0.15) is 0 Å². The largest absolute Gasteiger partial charge is 0.393 e. The number of carbonyl (C=O) groups excluding carboxylic acids is 4. The molecule has 0 heterocycles. The summed E-state index contributed by atoms with van der Waals surface area (Å²) < 4.78 is 0. The maximum Gasteiger partial charge on any atom is 0.200 e. The lowest BCUT2D eigenvalue weighted by molar-refractivity contribution is -0.275. The van der Waals surface area contributed by atoms with Crippen LogP contribution in [0.25, 0.3) is 0 Å². The molecule has 4 atom stereocenters. The summed E-state index contributed by atoms with van der Waals surface area (Å²) in [6.07, 6.45) is 62.8. The molecule has 0 radical (unpaired) electrons. The molecule has 0 aliphatic heterocycles. The molecule has 6 N–H and O–H groups in total. The summed E-state index contributed by atoms with van der Waals surface area (Å²) in [4.78, 5) is 59.4. The van der Waals surface area contributed by atoms with Gasteiger partial charge in [-0.2, -0.15) is 0 Å². The molecule has 0 bridgehead atoms. The van der Waals surface area contributed by atoms with Crippen molar-refractivity contribution < 1.29 is 49.8 Å². The summed E-state index contributed by atoms with van der Waals surface area (Å²) in [7, 11) is 0. The molecule has 10 heteroatoms. The zero-order valence-electron chi connectivity index (χ0n) is 59.0. The third kappa shape index (κ3) is 38.6. The van der Waals surface area contributed by atoms with E-state index in [0.29, 0.717) is 25.7 Å². The molecule has 0 rings (SSSR count). The third-order valence-corrected chi connectivity index (χ3v) is 19.9. The highest BCUT2D eigenvalue weighted by molar-refractivity contribution is 6.10. The number of ketones is 4. The lowest BCUT2D eigenvalue weighted by Gasteiger charge is -2.54. The standard InChI is InChI=1S/C78H150O10/c1-5-9-13-17-21-25-29-33-37-41-45-49-53-57-61-65-71(81)75(85,69-79)77(87,73(83)67-63-59-55-51-47-43-39-35-31-27-23-19-15-11-7-3)78(88,74(84)68-64-60-56-52-48-44-40-36-32-28-24-20-16-12-8-4)76(86,70-80)72(82)66-62-58-54-50-46-42-38-34-30-26-22-18-14-10-6-2/h79-80,85-88H,5-70H2,1-4H3/t75-,76-,77+,78+/m0/s1. The first kappa shape index (κ1) is 86.4. The van der Waals surface area contributed by atoms with Crippen LogP contribution in [0.3, 0.4) is 0 Å². The number of hydrogen-bond acceptors (Lipinski definition) is 10. The first-order valence-corrected chi connectivity index (χ1v) is 39.0. The van der Waals surface area contributed by atoms with E-state index < -0.39 is 84.4 Å². The predicted molar refractivity (Wildman–Crippen MR) is 372 cm³/mol. The molecule has 0 aromatic heterocycles. The molecule has 0 saturated carbocycles. The summed E-state index contributed by atoms with van der Waals surface area (Å²) in [5.41, 5.74) is -14.8. The van der Waals surface area contributed by atoms with Gasteiger partial charge in [-0.15, -0.1) is 0 Å². The second kappa shape index (κ2) is 60.4. The molecule has 0 aromatic carbocycles. The molecule has 522 valence electrons. The van der Waals surface area contributed by atoms with E-state index in [9.17, 15) is 40.2 Å². The van der Waals surface area contributed by atoms with Gasteiger partial charge in [-0.3, -0.25) is 19.2 Å². The fourth-order valence-electron chi connectivity index (χ4n) is 13.7. The van der Waals surface area contributed by atoms with Crippen LogP contribution in [-0.4, -0.2) is 89.4 Å². The zero-order valence-corrected chi connectivity index (χ0v) is 59.0. The first-order valence-electron chi connectivity index (χ1n) is 39.0. The molecule has 0 unspecified atom stereocenters. The van der Waals surface area contributed by atoms with Crippen molar-refractivity contribution in [1.29, 1.82) is 0 Å². The lowest BCUT2D eigenvalue weighted by atomic mass is 9.56. The Morgan fingerprint density at radius 2 is 0.307 bits per heavy atom. The Kier molecular flexibility index (Phi) is 59.3. The average molecular weight is 1250 g/mol. The van der Waals surface area contributed by atoms with Crippen molar-refractivity contribution in [2.75, 3.05) is 13.2 Å². The number of Topliss-reactive ketones (excluding diaryl/α,β-unsaturated/α-hetero) is 4. The van der Waals surface area contributed by atoms with Crippen molar-refractivity contribution >= 4 is 23.1 Å². The van der Waals surface area contributed by atoms with Crippen molar-refractivity contribution in [3.63, 3.8) is 0 Å². The molecule has 0 saturated heterocycles. The lowest BCUT2D eigenvalue weighted by Crippen LogP contribution is -2.85. The Balaban J connectivity index is 6.40. The quantitative estimate of drug-likeness (QED) is 0.0320. The molecule has 0 aromatic rings. The van der Waals surface area contributed by atoms with E-state index in [1.807, 2.05) is 0 Å². The smallest absolute Gasteiger partial charge is 0.200 e. The number of hydrogen-bond donors (Lipinski definition) is 6. The average Bonchev–Trinajstić information content (AvgIpc) is 0.713. The fraction of sp³-hybridized carbons (Fsp3) is 0.949. The second-order valence-corrected chi connectivity index (χ2v) is 27.9. The summed E-state index contributed by atoms with van der Waals surface area (Å²) in [6, 6.07) is 0. The maximum absolute atomic E-state index is 15.1. The van der Waals surface area contributed by atoms with Gasteiger partial charge in [-0.05, 0) is 25.7 Å². The van der Waals surface area contributed by atoms with Crippen LogP contribution in [0.2, 0.25) is 0 Å². The number of rotatable bonds is 73. The van der Waals surface area contributed by atoms with E-state index in [0.717, 1.165) is 103 Å². The second-order valence-electron chi connectivity index (χ2n) is 27.9. The van der Waals surface area contributed by atoms with E-state index in [4.69, 9.17) is 0 Å². The van der Waals surface area contributed by atoms with E-state index in [2.05, 4.69) is 27.7 Å². The molecule has 0 fully saturated rings. The minimum atomic E-state index is -3.88. The number of carbonyl (C=O) groups is 4. The highest BCUT2D eigenvalue weighted by atomic mass is 16.4. The minimum absolute atomic E-state index is 0.169. The number of aliphatic hydroxyl groups excluding tert-OH is 2. The zero-order chi connectivity index (χ0) is 65.0. The van der Waals surface area contributed by atoms with Crippen LogP contribution in [0, 0.1) is 0 Å². The Hall–Kier alpha value is -1.56. The van der Waals surface area contributed by atoms with Gasteiger partial charge in [-0.1, -0.05) is 387 Å². The summed E-state index contributed by atoms with van der Waals surface area (Å²) in [5, 5.41) is 74.3. The molecule has 0 spiro atoms. The van der Waals surface area contributed by atoms with Gasteiger partial charge in [0.25, 0.3) is 0 Å². The van der Waals surface area contributed by atoms with Gasteiger partial charge in [0, 0.05) is 25.7 Å². The van der Waals surface area contributed by atoms with E-state index >= 15 is 9.59 Å². The van der Waals surface area contributed by atoms with Crippen molar-refractivity contribution in [3.05, 3.63) is 0 Å². The van der Waals surface area contributed by atoms with E-state index in [1.165, 1.54) is 231 Å².